The predicted octanol–water partition coefficient (Wildman–Crippen LogP) is 1.50. The second-order valence-corrected chi connectivity index (χ2v) is 6.56. The highest BCUT2D eigenvalue weighted by Crippen LogP contribution is 2.13. The standard InChI is InChI=1S/C14H20BrN3O6/c1-14(2,3)24-13(21)16-8(11(19)22-4)7-18-9(12(20)23-5)6-10(15)17-18/h6,8H,7H2,1-5H3,(H,16,21). The lowest BCUT2D eigenvalue weighted by atomic mass is 10.2. The number of esters is 2. The zero-order valence-corrected chi connectivity index (χ0v) is 15.7. The van der Waals surface area contributed by atoms with Crippen molar-refractivity contribution in [3.05, 3.63) is 16.4 Å². The van der Waals surface area contributed by atoms with E-state index < -0.39 is 29.7 Å². The molecule has 10 heteroatoms. The maximum absolute atomic E-state index is 11.9. The monoisotopic (exact) mass is 405 g/mol. The number of alkyl carbamates (subject to hydrolysis) is 1. The lowest BCUT2D eigenvalue weighted by Crippen LogP contribution is -2.46. The number of halogens is 1. The summed E-state index contributed by atoms with van der Waals surface area (Å²) in [6.07, 6.45) is -0.788. The van der Waals surface area contributed by atoms with Crippen molar-refractivity contribution in [2.45, 2.75) is 39.0 Å². The number of ether oxygens (including phenoxy) is 3. The number of methoxy groups -OCH3 is 2. The van der Waals surface area contributed by atoms with E-state index >= 15 is 0 Å². The van der Waals surface area contributed by atoms with Crippen LogP contribution in [0.3, 0.4) is 0 Å². The molecule has 1 atom stereocenters. The van der Waals surface area contributed by atoms with Crippen LogP contribution in [0.5, 0.6) is 0 Å². The highest BCUT2D eigenvalue weighted by atomic mass is 79.9. The van der Waals surface area contributed by atoms with Gasteiger partial charge in [-0.05, 0) is 36.7 Å². The Labute approximate surface area is 147 Å². The highest BCUT2D eigenvalue weighted by molar-refractivity contribution is 9.10. The van der Waals surface area contributed by atoms with E-state index in [1.54, 1.807) is 20.8 Å². The number of nitrogens with one attached hydrogen (secondary N) is 1. The fourth-order valence-electron chi connectivity index (χ4n) is 1.74. The Hall–Kier alpha value is -2.10. The molecular weight excluding hydrogens is 386 g/mol. The molecule has 0 saturated carbocycles. The third kappa shape index (κ3) is 5.84. The van der Waals surface area contributed by atoms with Gasteiger partial charge >= 0.3 is 18.0 Å². The first-order valence-electron chi connectivity index (χ1n) is 6.96. The third-order valence-electron chi connectivity index (χ3n) is 2.68. The van der Waals surface area contributed by atoms with Gasteiger partial charge in [0.15, 0.2) is 0 Å². The summed E-state index contributed by atoms with van der Waals surface area (Å²) in [6.45, 7) is 4.95. The van der Waals surface area contributed by atoms with Crippen molar-refractivity contribution < 1.29 is 28.6 Å². The van der Waals surface area contributed by atoms with Gasteiger partial charge in [0.1, 0.15) is 21.9 Å². The number of aromatic nitrogens is 2. The van der Waals surface area contributed by atoms with Crippen LogP contribution in [-0.2, 0) is 25.5 Å². The zero-order valence-electron chi connectivity index (χ0n) is 14.1. The number of rotatable bonds is 5. The summed E-state index contributed by atoms with van der Waals surface area (Å²) < 4.78 is 16.1. The summed E-state index contributed by atoms with van der Waals surface area (Å²) in [5, 5.41) is 6.45. The van der Waals surface area contributed by atoms with Crippen LogP contribution < -0.4 is 5.32 Å². The molecule has 0 spiro atoms. The van der Waals surface area contributed by atoms with Crippen LogP contribution in [0.2, 0.25) is 0 Å². The number of carbonyl (C=O) groups is 3. The molecule has 0 aromatic carbocycles. The summed E-state index contributed by atoms with van der Waals surface area (Å²) in [5.74, 6) is -1.34. The van der Waals surface area contributed by atoms with Gasteiger partial charge in [0, 0.05) is 6.07 Å². The molecule has 1 amide bonds. The molecule has 9 nitrogen and oxygen atoms in total. The maximum atomic E-state index is 11.9. The average Bonchev–Trinajstić information content (AvgIpc) is 2.83. The molecule has 1 aromatic rings. The first-order chi connectivity index (χ1) is 11.1. The average molecular weight is 406 g/mol. The van der Waals surface area contributed by atoms with E-state index in [0.29, 0.717) is 4.60 Å². The van der Waals surface area contributed by atoms with E-state index in [0.717, 1.165) is 0 Å². The van der Waals surface area contributed by atoms with Gasteiger partial charge in [0.25, 0.3) is 0 Å². The minimum Gasteiger partial charge on any atom is -0.467 e. The van der Waals surface area contributed by atoms with Crippen molar-refractivity contribution in [3.63, 3.8) is 0 Å². The van der Waals surface area contributed by atoms with Gasteiger partial charge in [-0.3, -0.25) is 4.68 Å². The SMILES string of the molecule is COC(=O)c1cc(Br)nn1CC(NC(=O)OC(C)(C)C)C(=O)OC. The number of hydrogen-bond acceptors (Lipinski definition) is 7. The van der Waals surface area contributed by atoms with E-state index in [4.69, 9.17) is 4.74 Å². The Balaban J connectivity index is 2.97. The molecule has 1 N–H and O–H groups in total. The molecule has 0 aliphatic heterocycles. The third-order valence-corrected chi connectivity index (χ3v) is 3.06. The van der Waals surface area contributed by atoms with Crippen LogP contribution in [0.4, 0.5) is 4.79 Å². The van der Waals surface area contributed by atoms with Crippen molar-refractivity contribution >= 4 is 34.0 Å². The van der Waals surface area contributed by atoms with E-state index in [-0.39, 0.29) is 12.2 Å². The Bertz CT molecular complexity index is 623. The fourth-order valence-corrected chi connectivity index (χ4v) is 2.15. The molecule has 0 saturated heterocycles. The summed E-state index contributed by atoms with van der Waals surface area (Å²) in [5.41, 5.74) is -0.610. The first-order valence-corrected chi connectivity index (χ1v) is 7.75. The molecule has 0 bridgehead atoms. The normalized spacial score (nSPS) is 12.2. The molecular formula is C14H20BrN3O6. The largest absolute Gasteiger partial charge is 0.467 e. The van der Waals surface area contributed by atoms with Crippen LogP contribution in [0.25, 0.3) is 0 Å². The van der Waals surface area contributed by atoms with Crippen molar-refractivity contribution in [3.8, 4) is 0 Å². The zero-order chi connectivity index (χ0) is 18.5. The minimum atomic E-state index is -1.10. The van der Waals surface area contributed by atoms with Crippen LogP contribution in [0, 0.1) is 0 Å². The molecule has 24 heavy (non-hydrogen) atoms. The van der Waals surface area contributed by atoms with Crippen molar-refractivity contribution in [2.24, 2.45) is 0 Å². The van der Waals surface area contributed by atoms with E-state index in [2.05, 4.69) is 35.8 Å². The van der Waals surface area contributed by atoms with Crippen molar-refractivity contribution in [2.75, 3.05) is 14.2 Å². The van der Waals surface area contributed by atoms with E-state index in [9.17, 15) is 14.4 Å². The molecule has 0 radical (unpaired) electrons. The Morgan fingerprint density at radius 3 is 2.42 bits per heavy atom. The van der Waals surface area contributed by atoms with E-state index in [1.165, 1.54) is 25.0 Å². The Morgan fingerprint density at radius 2 is 1.92 bits per heavy atom. The molecule has 1 aromatic heterocycles. The summed E-state index contributed by atoms with van der Waals surface area (Å²) in [7, 11) is 2.41. The molecule has 1 rings (SSSR count). The Morgan fingerprint density at radius 1 is 1.29 bits per heavy atom. The molecule has 0 aliphatic rings. The van der Waals surface area contributed by atoms with Gasteiger partial charge < -0.3 is 19.5 Å². The van der Waals surface area contributed by atoms with Gasteiger partial charge in [-0.25, -0.2) is 14.4 Å². The van der Waals surface area contributed by atoms with Crippen LogP contribution in [0.15, 0.2) is 10.7 Å². The summed E-state index contributed by atoms with van der Waals surface area (Å²) in [4.78, 5) is 35.5. The summed E-state index contributed by atoms with van der Waals surface area (Å²) in [6, 6.07) is 0.341. The molecule has 0 fully saturated rings. The molecule has 1 unspecified atom stereocenters. The van der Waals surface area contributed by atoms with Gasteiger partial charge in [-0.15, -0.1) is 0 Å². The molecule has 134 valence electrons. The second kappa shape index (κ2) is 8.13. The summed E-state index contributed by atoms with van der Waals surface area (Å²) >= 11 is 3.15. The fraction of sp³-hybridized carbons (Fsp3) is 0.571. The highest BCUT2D eigenvalue weighted by Gasteiger charge is 2.27. The van der Waals surface area contributed by atoms with Gasteiger partial charge in [-0.2, -0.15) is 5.10 Å². The van der Waals surface area contributed by atoms with Gasteiger partial charge in [-0.1, -0.05) is 0 Å². The molecule has 1 heterocycles. The maximum Gasteiger partial charge on any atom is 0.408 e. The lowest BCUT2D eigenvalue weighted by Gasteiger charge is -2.22. The Kier molecular flexibility index (Phi) is 6.76. The number of amides is 1. The lowest BCUT2D eigenvalue weighted by molar-refractivity contribution is -0.143. The van der Waals surface area contributed by atoms with Crippen LogP contribution in [-0.4, -0.2) is 53.7 Å². The topological polar surface area (TPSA) is 109 Å². The van der Waals surface area contributed by atoms with Crippen molar-refractivity contribution in [1.29, 1.82) is 0 Å². The van der Waals surface area contributed by atoms with Gasteiger partial charge in [0.05, 0.1) is 20.8 Å². The first kappa shape index (κ1) is 19.9. The van der Waals surface area contributed by atoms with Crippen LogP contribution >= 0.6 is 15.9 Å². The molecule has 0 aliphatic carbocycles. The van der Waals surface area contributed by atoms with Crippen LogP contribution in [0.1, 0.15) is 31.3 Å². The smallest absolute Gasteiger partial charge is 0.408 e. The van der Waals surface area contributed by atoms with E-state index in [1.807, 2.05) is 0 Å². The van der Waals surface area contributed by atoms with Crippen molar-refractivity contribution in [1.82, 2.24) is 15.1 Å². The van der Waals surface area contributed by atoms with Gasteiger partial charge in [0.2, 0.25) is 0 Å². The number of carbonyl (C=O) groups excluding carboxylic acids is 3. The minimum absolute atomic E-state index is 0.115. The number of hydrogen-bond donors (Lipinski definition) is 1. The quantitative estimate of drug-likeness (QED) is 0.583. The second-order valence-electron chi connectivity index (χ2n) is 5.75. The number of nitrogens with zero attached hydrogens (tertiary/aromatic N) is 2. The predicted molar refractivity (Wildman–Crippen MR) is 86.4 cm³/mol.